The molecular formula is C24H23F2N3O. The monoisotopic (exact) mass is 407 g/mol. The average Bonchev–Trinajstić information content (AvgIpc) is 2.65. The zero-order valence-corrected chi connectivity index (χ0v) is 17.4. The molecule has 4 rings (SSSR count). The lowest BCUT2D eigenvalue weighted by molar-refractivity contribution is -0.118. The zero-order valence-electron chi connectivity index (χ0n) is 17.4. The van der Waals surface area contributed by atoms with E-state index in [-0.39, 0.29) is 16.8 Å². The Morgan fingerprint density at radius 2 is 1.90 bits per heavy atom. The van der Waals surface area contributed by atoms with Gasteiger partial charge in [-0.2, -0.15) is 5.26 Å². The molecule has 0 spiro atoms. The quantitative estimate of drug-likeness (QED) is 0.706. The van der Waals surface area contributed by atoms with Crippen LogP contribution >= 0.6 is 0 Å². The van der Waals surface area contributed by atoms with Crippen molar-refractivity contribution in [1.82, 2.24) is 4.98 Å². The predicted molar refractivity (Wildman–Crippen MR) is 110 cm³/mol. The Balaban J connectivity index is 2.13. The van der Waals surface area contributed by atoms with Crippen molar-refractivity contribution in [1.29, 1.82) is 5.26 Å². The number of aryl methyl sites for hydroxylation is 1. The smallest absolute Gasteiger partial charge is 0.266 e. The van der Waals surface area contributed by atoms with Crippen LogP contribution in [-0.4, -0.2) is 10.8 Å². The normalized spacial score (nSPS) is 22.3. The molecule has 2 heterocycles. The van der Waals surface area contributed by atoms with Gasteiger partial charge in [0.15, 0.2) is 5.78 Å². The second-order valence-corrected chi connectivity index (χ2v) is 9.08. The molecule has 1 aliphatic heterocycles. The third-order valence-corrected chi connectivity index (χ3v) is 6.28. The Morgan fingerprint density at radius 1 is 1.20 bits per heavy atom. The van der Waals surface area contributed by atoms with Crippen LogP contribution in [0.3, 0.4) is 0 Å². The van der Waals surface area contributed by atoms with E-state index in [4.69, 9.17) is 0 Å². The number of nitriles is 1. The number of allylic oxidation sites excluding steroid dienone is 2. The third-order valence-electron chi connectivity index (χ3n) is 6.28. The maximum absolute atomic E-state index is 13.7. The summed E-state index contributed by atoms with van der Waals surface area (Å²) in [6.45, 7) is 7.85. The van der Waals surface area contributed by atoms with Crippen molar-refractivity contribution in [3.05, 3.63) is 69.5 Å². The van der Waals surface area contributed by atoms with E-state index in [1.807, 2.05) is 58.0 Å². The Kier molecular flexibility index (Phi) is 4.54. The molecule has 0 radical (unpaired) electrons. The van der Waals surface area contributed by atoms with Gasteiger partial charge in [0.2, 0.25) is 0 Å². The molecule has 1 aliphatic carbocycles. The van der Waals surface area contributed by atoms with Crippen LogP contribution in [0, 0.1) is 23.7 Å². The summed E-state index contributed by atoms with van der Waals surface area (Å²) in [6.07, 6.45) is -0.784. The van der Waals surface area contributed by atoms with Crippen LogP contribution in [0.1, 0.15) is 67.9 Å². The number of aromatic nitrogens is 1. The lowest BCUT2D eigenvalue weighted by Crippen LogP contribution is -2.43. The van der Waals surface area contributed by atoms with Gasteiger partial charge in [0, 0.05) is 29.5 Å². The van der Waals surface area contributed by atoms with Crippen LogP contribution < -0.4 is 5.32 Å². The van der Waals surface area contributed by atoms with E-state index >= 15 is 0 Å². The molecule has 0 amide bonds. The SMILES string of the molecule is Cc1ccccc1[C@@]1(C)C2=C(CC(C)(C)CC2=O)Nc2ncc(C(F)F)c(C#N)c21. The second-order valence-electron chi connectivity index (χ2n) is 9.08. The number of Topliss-reactive ketones (excluding diaryl/α,β-unsaturated/α-hetero) is 1. The van der Waals surface area contributed by atoms with Gasteiger partial charge in [0.25, 0.3) is 6.43 Å². The summed E-state index contributed by atoms with van der Waals surface area (Å²) >= 11 is 0. The summed E-state index contributed by atoms with van der Waals surface area (Å²) in [7, 11) is 0. The first-order valence-corrected chi connectivity index (χ1v) is 9.91. The number of anilines is 1. The molecule has 1 atom stereocenters. The minimum atomic E-state index is -2.84. The van der Waals surface area contributed by atoms with E-state index in [1.165, 1.54) is 0 Å². The van der Waals surface area contributed by atoms with Gasteiger partial charge in [-0.1, -0.05) is 38.1 Å². The van der Waals surface area contributed by atoms with Gasteiger partial charge in [-0.3, -0.25) is 4.79 Å². The topological polar surface area (TPSA) is 65.8 Å². The number of fused-ring (bicyclic) bond motifs is 1. The van der Waals surface area contributed by atoms with Crippen molar-refractivity contribution in [3.63, 3.8) is 0 Å². The van der Waals surface area contributed by atoms with Crippen LogP contribution in [0.5, 0.6) is 0 Å². The van der Waals surface area contributed by atoms with Crippen LogP contribution in [0.25, 0.3) is 0 Å². The maximum atomic E-state index is 13.7. The van der Waals surface area contributed by atoms with Crippen molar-refractivity contribution in [2.24, 2.45) is 5.41 Å². The molecule has 30 heavy (non-hydrogen) atoms. The third kappa shape index (κ3) is 2.84. The van der Waals surface area contributed by atoms with E-state index in [2.05, 4.69) is 10.3 Å². The van der Waals surface area contributed by atoms with E-state index < -0.39 is 17.4 Å². The minimum Gasteiger partial charge on any atom is -0.343 e. The fourth-order valence-electron chi connectivity index (χ4n) is 5.07. The maximum Gasteiger partial charge on any atom is 0.266 e. The number of halogens is 2. The van der Waals surface area contributed by atoms with E-state index in [1.54, 1.807) is 0 Å². The van der Waals surface area contributed by atoms with Gasteiger partial charge in [0.1, 0.15) is 11.9 Å². The summed E-state index contributed by atoms with van der Waals surface area (Å²) in [5, 5.41) is 13.1. The number of carbonyl (C=O) groups excluding carboxylic acids is 1. The number of alkyl halides is 2. The van der Waals surface area contributed by atoms with Gasteiger partial charge in [-0.15, -0.1) is 0 Å². The fraction of sp³-hybridized carbons (Fsp3) is 0.375. The van der Waals surface area contributed by atoms with Crippen LogP contribution in [0.4, 0.5) is 14.6 Å². The van der Waals surface area contributed by atoms with Crippen LogP contribution in [0.2, 0.25) is 0 Å². The Morgan fingerprint density at radius 3 is 2.53 bits per heavy atom. The number of rotatable bonds is 2. The molecule has 2 aromatic rings. The van der Waals surface area contributed by atoms with Crippen LogP contribution in [-0.2, 0) is 10.2 Å². The molecule has 2 aliphatic rings. The molecule has 6 heteroatoms. The van der Waals surface area contributed by atoms with Crippen molar-refractivity contribution in [2.75, 3.05) is 5.32 Å². The van der Waals surface area contributed by atoms with Crippen molar-refractivity contribution >= 4 is 11.6 Å². The standard InChI is InChI=1S/C24H23F2N3O/c1-13-7-5-6-8-16(13)24(4)19-14(11-27)15(21(25)26)12-28-22(19)29-17-9-23(2,3)10-18(30)20(17)24/h5-8,12,21H,9-10H2,1-4H3,(H,28,29)/t24-/m1/s1. The molecule has 0 bridgehead atoms. The van der Waals surface area contributed by atoms with E-state index in [0.717, 1.165) is 23.0 Å². The first-order valence-electron chi connectivity index (χ1n) is 9.91. The molecule has 0 saturated carbocycles. The highest BCUT2D eigenvalue weighted by Gasteiger charge is 2.50. The predicted octanol–water partition coefficient (Wildman–Crippen LogP) is 5.57. The molecule has 0 saturated heterocycles. The van der Waals surface area contributed by atoms with Gasteiger partial charge in [0.05, 0.1) is 16.5 Å². The fourth-order valence-corrected chi connectivity index (χ4v) is 5.07. The highest BCUT2D eigenvalue weighted by molar-refractivity contribution is 6.03. The van der Waals surface area contributed by atoms with Crippen molar-refractivity contribution in [2.45, 2.75) is 52.4 Å². The summed E-state index contributed by atoms with van der Waals surface area (Å²) in [5.74, 6) is 0.336. The van der Waals surface area contributed by atoms with Gasteiger partial charge in [-0.25, -0.2) is 13.8 Å². The number of nitrogens with zero attached hydrogens (tertiary/aromatic N) is 2. The van der Waals surface area contributed by atoms with Gasteiger partial charge >= 0.3 is 0 Å². The summed E-state index contributed by atoms with van der Waals surface area (Å²) in [6, 6.07) is 9.57. The van der Waals surface area contributed by atoms with Gasteiger partial charge < -0.3 is 5.32 Å². The summed E-state index contributed by atoms with van der Waals surface area (Å²) in [4.78, 5) is 17.7. The molecule has 0 fully saturated rings. The van der Waals surface area contributed by atoms with Gasteiger partial charge in [-0.05, 0) is 36.8 Å². The molecule has 0 unspecified atom stereocenters. The second kappa shape index (κ2) is 6.73. The number of nitrogens with one attached hydrogen (secondary N) is 1. The lowest BCUT2D eigenvalue weighted by atomic mass is 9.60. The molecule has 1 aromatic heterocycles. The Labute approximate surface area is 174 Å². The Hall–Kier alpha value is -3.07. The number of carbonyl (C=O) groups is 1. The molecular weight excluding hydrogens is 384 g/mol. The highest BCUT2D eigenvalue weighted by Crippen LogP contribution is 2.54. The highest BCUT2D eigenvalue weighted by atomic mass is 19.3. The average molecular weight is 407 g/mol. The largest absolute Gasteiger partial charge is 0.343 e. The number of hydrogen-bond acceptors (Lipinski definition) is 4. The van der Waals surface area contributed by atoms with E-state index in [0.29, 0.717) is 29.8 Å². The van der Waals surface area contributed by atoms with E-state index in [9.17, 15) is 18.8 Å². The Bertz CT molecular complexity index is 1140. The number of ketones is 1. The zero-order chi connectivity index (χ0) is 21.8. The molecule has 154 valence electrons. The van der Waals surface area contributed by atoms with Crippen molar-refractivity contribution in [3.8, 4) is 6.07 Å². The lowest BCUT2D eigenvalue weighted by Gasteiger charge is -2.45. The van der Waals surface area contributed by atoms with Crippen LogP contribution in [0.15, 0.2) is 41.7 Å². The minimum absolute atomic E-state index is 0.0310. The summed E-state index contributed by atoms with van der Waals surface area (Å²) < 4.78 is 27.5. The molecule has 1 N–H and O–H groups in total. The van der Waals surface area contributed by atoms with Crippen molar-refractivity contribution < 1.29 is 13.6 Å². The number of hydrogen-bond donors (Lipinski definition) is 1. The first kappa shape index (κ1) is 20.2. The molecule has 4 nitrogen and oxygen atoms in total. The first-order chi connectivity index (χ1) is 14.1. The number of benzene rings is 1. The molecule has 1 aromatic carbocycles. The number of pyridine rings is 1. The summed E-state index contributed by atoms with van der Waals surface area (Å²) in [5.41, 5.74) is 1.59.